The molecule has 0 aromatic heterocycles. The SMILES string of the molecule is CC#N.CO[PH](=O)OC. The Bertz CT molecular complexity index is 103. The van der Waals surface area contributed by atoms with E-state index in [1.165, 1.54) is 21.1 Å². The van der Waals surface area contributed by atoms with E-state index in [0.29, 0.717) is 0 Å². The van der Waals surface area contributed by atoms with Crippen molar-refractivity contribution in [2.24, 2.45) is 0 Å². The van der Waals surface area contributed by atoms with E-state index in [2.05, 4.69) is 9.05 Å². The van der Waals surface area contributed by atoms with Gasteiger partial charge in [0, 0.05) is 21.1 Å². The minimum atomic E-state index is -2.12. The van der Waals surface area contributed by atoms with Gasteiger partial charge in [0.25, 0.3) is 0 Å². The van der Waals surface area contributed by atoms with Crippen LogP contribution in [0.3, 0.4) is 0 Å². The van der Waals surface area contributed by atoms with E-state index in [0.717, 1.165) is 0 Å². The first-order chi connectivity index (χ1) is 4.22. The summed E-state index contributed by atoms with van der Waals surface area (Å²) in [6.45, 7) is 1.43. The zero-order valence-electron chi connectivity index (χ0n) is 5.67. The maximum Gasteiger partial charge on any atom is 0.318 e. The van der Waals surface area contributed by atoms with Crippen molar-refractivity contribution < 1.29 is 13.6 Å². The smallest absolute Gasteiger partial charge is 0.314 e. The molecular formula is C4H10NO3P. The Hall–Kier alpha value is -0.360. The van der Waals surface area contributed by atoms with Crippen LogP contribution < -0.4 is 0 Å². The third-order valence-corrected chi connectivity index (χ3v) is 1.00. The lowest BCUT2D eigenvalue weighted by Gasteiger charge is -1.89. The van der Waals surface area contributed by atoms with Gasteiger partial charge in [0.15, 0.2) is 0 Å². The predicted molar refractivity (Wildman–Crippen MR) is 34.3 cm³/mol. The van der Waals surface area contributed by atoms with Gasteiger partial charge in [0.2, 0.25) is 0 Å². The van der Waals surface area contributed by atoms with Crippen LogP contribution in [-0.2, 0) is 13.6 Å². The van der Waals surface area contributed by atoms with Gasteiger partial charge >= 0.3 is 8.25 Å². The summed E-state index contributed by atoms with van der Waals surface area (Å²) in [5, 5.41) is 7.32. The average Bonchev–Trinajstić information content (AvgIpc) is 1.88. The summed E-state index contributed by atoms with van der Waals surface area (Å²) < 4.78 is 18.4. The van der Waals surface area contributed by atoms with Crippen molar-refractivity contribution in [1.82, 2.24) is 0 Å². The van der Waals surface area contributed by atoms with Crippen LogP contribution in [0.15, 0.2) is 0 Å². The number of hydrogen-bond donors (Lipinski definition) is 0. The van der Waals surface area contributed by atoms with Gasteiger partial charge < -0.3 is 9.05 Å². The van der Waals surface area contributed by atoms with Crippen molar-refractivity contribution >= 4 is 8.25 Å². The molecule has 0 bridgehead atoms. The second-order valence-corrected chi connectivity index (χ2v) is 2.20. The number of nitrogens with zero attached hydrogens (tertiary/aromatic N) is 1. The molecule has 0 aliphatic rings. The molecule has 0 amide bonds. The predicted octanol–water partition coefficient (Wildman–Crippen LogP) is 1.20. The Labute approximate surface area is 55.3 Å². The minimum absolute atomic E-state index is 1.34. The van der Waals surface area contributed by atoms with Crippen LogP contribution >= 0.6 is 8.25 Å². The summed E-state index contributed by atoms with van der Waals surface area (Å²) >= 11 is 0. The molecule has 0 fully saturated rings. The van der Waals surface area contributed by atoms with Crippen molar-refractivity contribution in [1.29, 1.82) is 5.26 Å². The van der Waals surface area contributed by atoms with Crippen LogP contribution in [0.5, 0.6) is 0 Å². The molecule has 0 unspecified atom stereocenters. The lowest BCUT2D eigenvalue weighted by Crippen LogP contribution is -1.66. The average molecular weight is 151 g/mol. The zero-order chi connectivity index (χ0) is 7.70. The summed E-state index contributed by atoms with van der Waals surface area (Å²) in [6, 6.07) is 1.75. The highest BCUT2D eigenvalue weighted by molar-refractivity contribution is 7.33. The van der Waals surface area contributed by atoms with Crippen LogP contribution in [0.4, 0.5) is 0 Å². The summed E-state index contributed by atoms with van der Waals surface area (Å²) in [5.41, 5.74) is 0. The van der Waals surface area contributed by atoms with Gasteiger partial charge in [0.1, 0.15) is 0 Å². The Morgan fingerprint density at radius 1 is 1.44 bits per heavy atom. The van der Waals surface area contributed by atoms with Crippen molar-refractivity contribution in [3.05, 3.63) is 0 Å². The van der Waals surface area contributed by atoms with Gasteiger partial charge in [-0.3, -0.25) is 4.57 Å². The van der Waals surface area contributed by atoms with E-state index in [4.69, 9.17) is 5.26 Å². The first-order valence-corrected chi connectivity index (χ1v) is 3.38. The Morgan fingerprint density at radius 2 is 1.67 bits per heavy atom. The molecule has 0 aromatic rings. The van der Waals surface area contributed by atoms with E-state index in [-0.39, 0.29) is 0 Å². The largest absolute Gasteiger partial charge is 0.318 e. The highest BCUT2D eigenvalue weighted by atomic mass is 31.1. The summed E-state index contributed by atoms with van der Waals surface area (Å²) in [4.78, 5) is 0. The first kappa shape index (κ1) is 11.4. The molecule has 0 atom stereocenters. The highest BCUT2D eigenvalue weighted by Gasteiger charge is 1.83. The quantitative estimate of drug-likeness (QED) is 0.556. The summed E-state index contributed by atoms with van der Waals surface area (Å²) in [5.74, 6) is 0. The molecule has 0 aliphatic carbocycles. The number of rotatable bonds is 2. The molecule has 0 aromatic carbocycles. The van der Waals surface area contributed by atoms with Crippen molar-refractivity contribution in [2.75, 3.05) is 14.2 Å². The molecule has 0 radical (unpaired) electrons. The summed E-state index contributed by atoms with van der Waals surface area (Å²) in [7, 11) is 0.558. The molecule has 0 heterocycles. The van der Waals surface area contributed by atoms with Crippen molar-refractivity contribution in [3.8, 4) is 6.07 Å². The van der Waals surface area contributed by atoms with E-state index in [1.807, 2.05) is 0 Å². The molecule has 0 saturated carbocycles. The lowest BCUT2D eigenvalue weighted by atomic mass is 11.0. The fourth-order valence-electron chi connectivity index (χ4n) is 0.0833. The van der Waals surface area contributed by atoms with Gasteiger partial charge in [-0.2, -0.15) is 5.26 Å². The molecule has 0 N–H and O–H groups in total. The highest BCUT2D eigenvalue weighted by Crippen LogP contribution is 2.18. The summed E-state index contributed by atoms with van der Waals surface area (Å²) in [6.07, 6.45) is 0. The van der Waals surface area contributed by atoms with E-state index in [1.54, 1.807) is 6.07 Å². The lowest BCUT2D eigenvalue weighted by molar-refractivity contribution is 0.302. The molecule has 0 aliphatic heterocycles. The topological polar surface area (TPSA) is 59.3 Å². The molecule has 0 saturated heterocycles. The standard InChI is InChI=1S/C2H3N.C2H7O3P/c1-2-3;1-4-6(3)5-2/h1H3;6H,1-2H3. The second kappa shape index (κ2) is 10.6. The molecule has 5 heteroatoms. The van der Waals surface area contributed by atoms with Crippen LogP contribution in [0.1, 0.15) is 6.92 Å². The van der Waals surface area contributed by atoms with E-state index in [9.17, 15) is 4.57 Å². The van der Waals surface area contributed by atoms with Gasteiger partial charge in [-0.05, 0) is 0 Å². The fourth-order valence-corrected chi connectivity index (χ4v) is 0.250. The minimum Gasteiger partial charge on any atom is -0.314 e. The van der Waals surface area contributed by atoms with Crippen LogP contribution in [0.2, 0.25) is 0 Å². The van der Waals surface area contributed by atoms with Crippen molar-refractivity contribution in [2.45, 2.75) is 6.92 Å². The Balaban J connectivity index is 0. The third kappa shape index (κ3) is 18.3. The molecule has 4 nitrogen and oxygen atoms in total. The second-order valence-electron chi connectivity index (χ2n) is 0.882. The van der Waals surface area contributed by atoms with Crippen molar-refractivity contribution in [3.63, 3.8) is 0 Å². The number of nitriles is 1. The molecular weight excluding hydrogens is 141 g/mol. The van der Waals surface area contributed by atoms with E-state index < -0.39 is 8.25 Å². The molecule has 0 spiro atoms. The molecule has 9 heavy (non-hydrogen) atoms. The number of hydrogen-bond acceptors (Lipinski definition) is 4. The molecule has 0 rings (SSSR count). The van der Waals surface area contributed by atoms with Gasteiger partial charge in [-0.15, -0.1) is 0 Å². The van der Waals surface area contributed by atoms with Crippen LogP contribution in [-0.4, -0.2) is 14.2 Å². The maximum absolute atomic E-state index is 9.92. The van der Waals surface area contributed by atoms with Gasteiger partial charge in [-0.25, -0.2) is 0 Å². The monoisotopic (exact) mass is 151 g/mol. The van der Waals surface area contributed by atoms with Crippen LogP contribution in [0.25, 0.3) is 0 Å². The normalized spacial score (nSPS) is 7.44. The maximum atomic E-state index is 9.92. The van der Waals surface area contributed by atoms with Crippen LogP contribution in [0, 0.1) is 11.3 Å². The first-order valence-electron chi connectivity index (χ1n) is 2.15. The van der Waals surface area contributed by atoms with E-state index >= 15 is 0 Å². The third-order valence-electron chi connectivity index (χ3n) is 0.333. The van der Waals surface area contributed by atoms with Gasteiger partial charge in [-0.1, -0.05) is 0 Å². The zero-order valence-corrected chi connectivity index (χ0v) is 6.67. The Morgan fingerprint density at radius 3 is 1.67 bits per heavy atom. The Kier molecular flexibility index (Phi) is 13.5. The fraction of sp³-hybridized carbons (Fsp3) is 0.750. The van der Waals surface area contributed by atoms with Gasteiger partial charge in [0.05, 0.1) is 6.07 Å². The molecule has 54 valence electrons.